The molecule has 29 heavy (non-hydrogen) atoms. The second-order valence-corrected chi connectivity index (χ2v) is 9.82. The van der Waals surface area contributed by atoms with Crippen LogP contribution in [0.3, 0.4) is 0 Å². The molecule has 0 aliphatic carbocycles. The van der Waals surface area contributed by atoms with E-state index in [2.05, 4.69) is 17.4 Å². The van der Waals surface area contributed by atoms with Crippen molar-refractivity contribution in [3.63, 3.8) is 0 Å². The third-order valence-electron chi connectivity index (χ3n) is 5.21. The van der Waals surface area contributed by atoms with E-state index in [4.69, 9.17) is 11.6 Å². The molecule has 0 spiro atoms. The first-order valence-electron chi connectivity index (χ1n) is 10.0. The molecule has 2 aromatic carbocycles. The molecule has 1 amide bonds. The number of sulfonamides is 1. The third kappa shape index (κ3) is 5.59. The summed E-state index contributed by atoms with van der Waals surface area (Å²) in [7, 11) is -3.70. The Kier molecular flexibility index (Phi) is 7.33. The van der Waals surface area contributed by atoms with Crippen LogP contribution in [0.15, 0.2) is 53.4 Å². The van der Waals surface area contributed by atoms with Crippen LogP contribution in [0.25, 0.3) is 0 Å². The summed E-state index contributed by atoms with van der Waals surface area (Å²) in [6.45, 7) is 2.93. The third-order valence-corrected chi connectivity index (χ3v) is 7.59. The number of amides is 1. The van der Waals surface area contributed by atoms with Crippen LogP contribution in [0, 0.1) is 0 Å². The molecule has 0 saturated carbocycles. The Morgan fingerprint density at radius 2 is 1.79 bits per heavy atom. The Hall–Kier alpha value is -1.89. The number of hydrogen-bond acceptors (Lipinski definition) is 3. The Labute approximate surface area is 178 Å². The maximum absolute atomic E-state index is 13.0. The fraction of sp³-hybridized carbons (Fsp3) is 0.409. The summed E-state index contributed by atoms with van der Waals surface area (Å²) in [5.41, 5.74) is 1.52. The number of piperidine rings is 1. The summed E-state index contributed by atoms with van der Waals surface area (Å²) in [6, 6.07) is 14.5. The van der Waals surface area contributed by atoms with E-state index >= 15 is 0 Å². The lowest BCUT2D eigenvalue weighted by Crippen LogP contribution is -2.36. The largest absolute Gasteiger partial charge is 0.350 e. The van der Waals surface area contributed by atoms with Crippen LogP contribution in [-0.4, -0.2) is 37.8 Å². The van der Waals surface area contributed by atoms with Gasteiger partial charge in [0.15, 0.2) is 0 Å². The van der Waals surface area contributed by atoms with Crippen molar-refractivity contribution in [2.24, 2.45) is 0 Å². The summed E-state index contributed by atoms with van der Waals surface area (Å²) >= 11 is 6.19. The molecule has 1 atom stereocenters. The number of hydrogen-bond donors (Lipinski definition) is 1. The number of benzene rings is 2. The topological polar surface area (TPSA) is 66.5 Å². The molecule has 0 aromatic heterocycles. The number of carbonyl (C=O) groups excluding carboxylic acids is 1. The van der Waals surface area contributed by atoms with Crippen molar-refractivity contribution in [1.29, 1.82) is 0 Å². The lowest BCUT2D eigenvalue weighted by Gasteiger charge is -2.26. The van der Waals surface area contributed by atoms with E-state index in [1.165, 1.54) is 22.0 Å². The van der Waals surface area contributed by atoms with Crippen LogP contribution in [-0.2, 0) is 16.4 Å². The zero-order chi connectivity index (χ0) is 20.9. The second-order valence-electron chi connectivity index (χ2n) is 7.51. The van der Waals surface area contributed by atoms with E-state index in [9.17, 15) is 13.2 Å². The first kappa shape index (κ1) is 21.8. The van der Waals surface area contributed by atoms with Crippen molar-refractivity contribution < 1.29 is 13.2 Å². The summed E-state index contributed by atoms with van der Waals surface area (Å²) < 4.78 is 27.4. The normalized spacial score (nSPS) is 16.3. The van der Waals surface area contributed by atoms with Crippen LogP contribution >= 0.6 is 11.6 Å². The van der Waals surface area contributed by atoms with Crippen molar-refractivity contribution in [3.05, 3.63) is 64.7 Å². The molecule has 2 aromatic rings. The van der Waals surface area contributed by atoms with E-state index in [-0.39, 0.29) is 21.9 Å². The fourth-order valence-electron chi connectivity index (χ4n) is 3.49. The Morgan fingerprint density at radius 1 is 1.10 bits per heavy atom. The van der Waals surface area contributed by atoms with Crippen LogP contribution in [0.2, 0.25) is 5.02 Å². The molecule has 1 aliphatic rings. The maximum Gasteiger partial charge on any atom is 0.251 e. The predicted molar refractivity (Wildman–Crippen MR) is 116 cm³/mol. The molecule has 0 radical (unpaired) electrons. The maximum atomic E-state index is 13.0. The fourth-order valence-corrected chi connectivity index (χ4v) is 5.51. The van der Waals surface area contributed by atoms with Gasteiger partial charge in [-0.05, 0) is 56.4 Å². The molecule has 156 valence electrons. The average Bonchev–Trinajstić information content (AvgIpc) is 2.73. The van der Waals surface area contributed by atoms with Gasteiger partial charge in [-0.1, -0.05) is 48.4 Å². The minimum absolute atomic E-state index is 0.00524. The lowest BCUT2D eigenvalue weighted by molar-refractivity contribution is 0.0938. The Bertz CT molecular complexity index is 942. The van der Waals surface area contributed by atoms with Gasteiger partial charge in [-0.3, -0.25) is 4.79 Å². The van der Waals surface area contributed by atoms with Crippen molar-refractivity contribution in [1.82, 2.24) is 9.62 Å². The number of halogens is 1. The molecule has 1 aliphatic heterocycles. The highest BCUT2D eigenvalue weighted by Gasteiger charge is 2.28. The van der Waals surface area contributed by atoms with E-state index < -0.39 is 10.0 Å². The van der Waals surface area contributed by atoms with Crippen LogP contribution < -0.4 is 5.32 Å². The molecule has 1 N–H and O–H groups in total. The number of carbonyl (C=O) groups is 1. The van der Waals surface area contributed by atoms with Gasteiger partial charge in [-0.25, -0.2) is 8.42 Å². The highest BCUT2D eigenvalue weighted by molar-refractivity contribution is 7.89. The molecule has 7 heteroatoms. The molecule has 3 rings (SSSR count). The zero-order valence-corrected chi connectivity index (χ0v) is 18.2. The predicted octanol–water partition coefficient (Wildman–Crippen LogP) is 4.27. The summed E-state index contributed by atoms with van der Waals surface area (Å²) in [6.07, 6.45) is 4.37. The SMILES string of the molecule is C[C@H](CCc1ccccc1)NC(=O)c1ccc(Cl)c(S(=O)(=O)N2CCCCC2)c1. The highest BCUT2D eigenvalue weighted by Crippen LogP contribution is 2.28. The molecule has 0 unspecified atom stereocenters. The average molecular weight is 435 g/mol. The monoisotopic (exact) mass is 434 g/mol. The van der Waals surface area contributed by atoms with Gasteiger partial charge in [-0.2, -0.15) is 4.31 Å². The Balaban J connectivity index is 1.68. The first-order chi connectivity index (χ1) is 13.9. The second kappa shape index (κ2) is 9.74. The molecule has 1 heterocycles. The van der Waals surface area contributed by atoms with E-state index in [1.54, 1.807) is 6.07 Å². The number of rotatable bonds is 7. The van der Waals surface area contributed by atoms with Crippen LogP contribution in [0.5, 0.6) is 0 Å². The van der Waals surface area contributed by atoms with E-state index in [0.29, 0.717) is 18.7 Å². The number of nitrogens with one attached hydrogen (secondary N) is 1. The molecule has 0 bridgehead atoms. The van der Waals surface area contributed by atoms with Crippen molar-refractivity contribution in [2.75, 3.05) is 13.1 Å². The quantitative estimate of drug-likeness (QED) is 0.707. The van der Waals surface area contributed by atoms with Crippen LogP contribution in [0.4, 0.5) is 0 Å². The zero-order valence-electron chi connectivity index (χ0n) is 16.6. The van der Waals surface area contributed by atoms with Gasteiger partial charge in [-0.15, -0.1) is 0 Å². The van der Waals surface area contributed by atoms with Crippen molar-refractivity contribution in [3.8, 4) is 0 Å². The van der Waals surface area contributed by atoms with E-state index in [0.717, 1.165) is 32.1 Å². The van der Waals surface area contributed by atoms with Gasteiger partial charge in [0.1, 0.15) is 4.90 Å². The molecule has 1 fully saturated rings. The van der Waals surface area contributed by atoms with Gasteiger partial charge in [0, 0.05) is 24.7 Å². The molecular formula is C22H27ClN2O3S. The van der Waals surface area contributed by atoms with Crippen molar-refractivity contribution in [2.45, 2.75) is 50.0 Å². The molecule has 1 saturated heterocycles. The van der Waals surface area contributed by atoms with E-state index in [1.807, 2.05) is 25.1 Å². The number of nitrogens with zero attached hydrogens (tertiary/aromatic N) is 1. The minimum Gasteiger partial charge on any atom is -0.350 e. The smallest absolute Gasteiger partial charge is 0.251 e. The van der Waals surface area contributed by atoms with Gasteiger partial charge >= 0.3 is 0 Å². The highest BCUT2D eigenvalue weighted by atomic mass is 35.5. The Morgan fingerprint density at radius 3 is 2.48 bits per heavy atom. The summed E-state index contributed by atoms with van der Waals surface area (Å²) in [5.74, 6) is -0.294. The van der Waals surface area contributed by atoms with Gasteiger partial charge < -0.3 is 5.32 Å². The summed E-state index contributed by atoms with van der Waals surface area (Å²) in [5, 5.41) is 3.10. The van der Waals surface area contributed by atoms with Gasteiger partial charge in [0.2, 0.25) is 10.0 Å². The van der Waals surface area contributed by atoms with Crippen molar-refractivity contribution >= 4 is 27.5 Å². The molecule has 5 nitrogen and oxygen atoms in total. The number of aryl methyl sites for hydroxylation is 1. The molecular weight excluding hydrogens is 408 g/mol. The lowest BCUT2D eigenvalue weighted by atomic mass is 10.1. The minimum atomic E-state index is -3.70. The van der Waals surface area contributed by atoms with Gasteiger partial charge in [0.05, 0.1) is 5.02 Å². The standard InChI is InChI=1S/C22H27ClN2O3S/c1-17(10-11-18-8-4-2-5-9-18)24-22(26)19-12-13-20(23)21(16-19)29(27,28)25-14-6-3-7-15-25/h2,4-5,8-9,12-13,16-17H,3,6-7,10-11,14-15H2,1H3,(H,24,26)/t17-/m1/s1. The summed E-state index contributed by atoms with van der Waals surface area (Å²) in [4.78, 5) is 12.7. The van der Waals surface area contributed by atoms with Gasteiger partial charge in [0.25, 0.3) is 5.91 Å². The first-order valence-corrected chi connectivity index (χ1v) is 11.8. The van der Waals surface area contributed by atoms with Crippen LogP contribution in [0.1, 0.15) is 48.5 Å².